The summed E-state index contributed by atoms with van der Waals surface area (Å²) in [4.78, 5) is 10.4. The number of hydrogen-bond acceptors (Lipinski definition) is 3. The average Bonchev–Trinajstić information content (AvgIpc) is 2.16. The summed E-state index contributed by atoms with van der Waals surface area (Å²) in [6.07, 6.45) is 3.88. The van der Waals surface area contributed by atoms with Crippen LogP contribution in [-0.2, 0) is 0 Å². The molecule has 72 valence electrons. The van der Waals surface area contributed by atoms with Crippen molar-refractivity contribution in [3.63, 3.8) is 0 Å². The van der Waals surface area contributed by atoms with Crippen molar-refractivity contribution >= 4 is 17.5 Å². The molecule has 1 aliphatic heterocycles. The van der Waals surface area contributed by atoms with Crippen molar-refractivity contribution in [2.45, 2.75) is 13.0 Å². The number of benzene rings is 1. The number of rotatable bonds is 1. The highest BCUT2D eigenvalue weighted by atomic mass is 16.6. The smallest absolute Gasteiger partial charge is 0.292 e. The first kappa shape index (κ1) is 8.74. The molecular formula is C10H10N2O2. The molecule has 0 spiro atoms. The zero-order valence-electron chi connectivity index (χ0n) is 7.73. The fraction of sp³-hybridized carbons (Fsp3) is 0.200. The van der Waals surface area contributed by atoms with E-state index in [0.29, 0.717) is 5.69 Å². The van der Waals surface area contributed by atoms with Gasteiger partial charge in [0, 0.05) is 17.7 Å². The Labute approximate surface area is 81.4 Å². The molecule has 1 atom stereocenters. The van der Waals surface area contributed by atoms with Gasteiger partial charge in [0.2, 0.25) is 0 Å². The second-order valence-corrected chi connectivity index (χ2v) is 3.29. The molecule has 2 rings (SSSR count). The lowest BCUT2D eigenvalue weighted by Gasteiger charge is -2.18. The Balaban J connectivity index is 2.56. The van der Waals surface area contributed by atoms with Crippen LogP contribution in [0.4, 0.5) is 11.4 Å². The quantitative estimate of drug-likeness (QED) is 0.546. The van der Waals surface area contributed by atoms with Gasteiger partial charge in [-0.15, -0.1) is 0 Å². The number of nitro groups is 1. The number of fused-ring (bicyclic) bond motifs is 1. The van der Waals surface area contributed by atoms with E-state index in [1.165, 1.54) is 6.07 Å². The molecule has 1 aromatic rings. The molecule has 0 aromatic heterocycles. The Morgan fingerprint density at radius 3 is 3.00 bits per heavy atom. The molecule has 0 amide bonds. The topological polar surface area (TPSA) is 55.2 Å². The molecule has 1 unspecified atom stereocenters. The minimum Gasteiger partial charge on any atom is -0.373 e. The molecule has 14 heavy (non-hydrogen) atoms. The predicted octanol–water partition coefficient (Wildman–Crippen LogP) is 2.42. The van der Waals surface area contributed by atoms with Crippen molar-refractivity contribution in [2.24, 2.45) is 0 Å². The van der Waals surface area contributed by atoms with Crippen LogP contribution in [0.3, 0.4) is 0 Å². The highest BCUT2D eigenvalue weighted by molar-refractivity contribution is 5.78. The second kappa shape index (κ2) is 3.14. The number of hydrogen-bond donors (Lipinski definition) is 1. The standard InChI is InChI=1S/C10H10N2O2/c1-7-5-6-8-3-2-4-9(12(13)14)10(8)11-7/h2-7,11H,1H3. The van der Waals surface area contributed by atoms with Crippen LogP contribution in [0.5, 0.6) is 0 Å². The first-order valence-corrected chi connectivity index (χ1v) is 4.40. The zero-order chi connectivity index (χ0) is 10.1. The second-order valence-electron chi connectivity index (χ2n) is 3.29. The van der Waals surface area contributed by atoms with Gasteiger partial charge >= 0.3 is 0 Å². The Morgan fingerprint density at radius 2 is 2.29 bits per heavy atom. The SMILES string of the molecule is CC1C=Cc2cccc([N+](=O)[O-])c2N1. The number of nitro benzene ring substituents is 1. The van der Waals surface area contributed by atoms with E-state index in [0.717, 1.165) is 5.56 Å². The van der Waals surface area contributed by atoms with E-state index >= 15 is 0 Å². The third kappa shape index (κ3) is 1.35. The van der Waals surface area contributed by atoms with Crippen molar-refractivity contribution in [3.8, 4) is 0 Å². The van der Waals surface area contributed by atoms with E-state index in [1.807, 2.05) is 25.1 Å². The van der Waals surface area contributed by atoms with Crippen molar-refractivity contribution in [1.29, 1.82) is 0 Å². The first-order chi connectivity index (χ1) is 6.68. The summed E-state index contributed by atoms with van der Waals surface area (Å²) in [6.45, 7) is 1.95. The summed E-state index contributed by atoms with van der Waals surface area (Å²) in [6, 6.07) is 5.21. The molecule has 0 aliphatic carbocycles. The summed E-state index contributed by atoms with van der Waals surface area (Å²) in [5.41, 5.74) is 1.63. The molecule has 0 saturated carbocycles. The van der Waals surface area contributed by atoms with Gasteiger partial charge in [0.05, 0.1) is 4.92 Å². The molecule has 0 radical (unpaired) electrons. The third-order valence-electron chi connectivity index (χ3n) is 2.21. The van der Waals surface area contributed by atoms with Gasteiger partial charge in [-0.05, 0) is 6.92 Å². The van der Waals surface area contributed by atoms with Crippen LogP contribution in [0.1, 0.15) is 12.5 Å². The summed E-state index contributed by atoms with van der Waals surface area (Å²) >= 11 is 0. The van der Waals surface area contributed by atoms with E-state index in [4.69, 9.17) is 0 Å². The number of nitrogens with zero attached hydrogens (tertiary/aromatic N) is 1. The molecule has 4 heteroatoms. The van der Waals surface area contributed by atoms with Crippen LogP contribution in [-0.4, -0.2) is 11.0 Å². The van der Waals surface area contributed by atoms with Gasteiger partial charge in [-0.1, -0.05) is 24.3 Å². The van der Waals surface area contributed by atoms with Gasteiger partial charge < -0.3 is 5.32 Å². The third-order valence-corrected chi connectivity index (χ3v) is 2.21. The number of anilines is 1. The predicted molar refractivity (Wildman–Crippen MR) is 55.2 cm³/mol. The highest BCUT2D eigenvalue weighted by Gasteiger charge is 2.19. The van der Waals surface area contributed by atoms with Gasteiger partial charge in [-0.2, -0.15) is 0 Å². The van der Waals surface area contributed by atoms with Crippen molar-refractivity contribution in [1.82, 2.24) is 0 Å². The lowest BCUT2D eigenvalue weighted by atomic mass is 10.1. The Hall–Kier alpha value is -1.84. The summed E-state index contributed by atoms with van der Waals surface area (Å²) in [5.74, 6) is 0. The lowest BCUT2D eigenvalue weighted by Crippen LogP contribution is -2.16. The fourth-order valence-corrected chi connectivity index (χ4v) is 1.53. The summed E-state index contributed by atoms with van der Waals surface area (Å²) in [5, 5.41) is 13.8. The van der Waals surface area contributed by atoms with Crippen molar-refractivity contribution < 1.29 is 4.92 Å². The van der Waals surface area contributed by atoms with E-state index in [1.54, 1.807) is 6.07 Å². The monoisotopic (exact) mass is 190 g/mol. The molecule has 1 aromatic carbocycles. The molecule has 1 heterocycles. The van der Waals surface area contributed by atoms with Gasteiger partial charge in [0.15, 0.2) is 0 Å². The normalized spacial score (nSPS) is 18.5. The molecule has 1 N–H and O–H groups in total. The maximum Gasteiger partial charge on any atom is 0.292 e. The zero-order valence-corrected chi connectivity index (χ0v) is 7.73. The minimum atomic E-state index is -0.363. The van der Waals surface area contributed by atoms with Crippen LogP contribution in [0.2, 0.25) is 0 Å². The summed E-state index contributed by atoms with van der Waals surface area (Å²) < 4.78 is 0. The Bertz CT molecular complexity index is 413. The van der Waals surface area contributed by atoms with E-state index in [-0.39, 0.29) is 16.7 Å². The highest BCUT2D eigenvalue weighted by Crippen LogP contribution is 2.32. The number of nitrogens with one attached hydrogen (secondary N) is 1. The minimum absolute atomic E-state index is 0.138. The number of para-hydroxylation sites is 1. The van der Waals surface area contributed by atoms with E-state index in [2.05, 4.69) is 5.32 Å². The largest absolute Gasteiger partial charge is 0.373 e. The van der Waals surface area contributed by atoms with E-state index in [9.17, 15) is 10.1 Å². The van der Waals surface area contributed by atoms with Crippen molar-refractivity contribution in [2.75, 3.05) is 5.32 Å². The van der Waals surface area contributed by atoms with Gasteiger partial charge in [-0.3, -0.25) is 10.1 Å². The summed E-state index contributed by atoms with van der Waals surface area (Å²) in [7, 11) is 0. The van der Waals surface area contributed by atoms with Crippen LogP contribution in [0.15, 0.2) is 24.3 Å². The van der Waals surface area contributed by atoms with Gasteiger partial charge in [-0.25, -0.2) is 0 Å². The molecule has 0 saturated heterocycles. The van der Waals surface area contributed by atoms with Crippen LogP contribution in [0.25, 0.3) is 6.08 Å². The van der Waals surface area contributed by atoms with Gasteiger partial charge in [0.25, 0.3) is 5.69 Å². The van der Waals surface area contributed by atoms with Gasteiger partial charge in [0.1, 0.15) is 5.69 Å². The van der Waals surface area contributed by atoms with E-state index < -0.39 is 0 Å². The average molecular weight is 190 g/mol. The maximum atomic E-state index is 10.7. The van der Waals surface area contributed by atoms with Crippen molar-refractivity contribution in [3.05, 3.63) is 40.0 Å². The fourth-order valence-electron chi connectivity index (χ4n) is 1.53. The molecule has 4 nitrogen and oxygen atoms in total. The van der Waals surface area contributed by atoms with Crippen LogP contribution in [0, 0.1) is 10.1 Å². The van der Waals surface area contributed by atoms with Crippen LogP contribution < -0.4 is 5.32 Å². The van der Waals surface area contributed by atoms with Crippen LogP contribution >= 0.6 is 0 Å². The molecular weight excluding hydrogens is 180 g/mol. The molecule has 1 aliphatic rings. The Kier molecular flexibility index (Phi) is 1.96. The molecule has 0 fully saturated rings. The lowest BCUT2D eigenvalue weighted by molar-refractivity contribution is -0.384. The Morgan fingerprint density at radius 1 is 1.50 bits per heavy atom. The maximum absolute atomic E-state index is 10.7. The first-order valence-electron chi connectivity index (χ1n) is 4.40. The molecule has 0 bridgehead atoms.